The summed E-state index contributed by atoms with van der Waals surface area (Å²) >= 11 is 0. The van der Waals surface area contributed by atoms with Gasteiger partial charge in [-0.25, -0.2) is 4.68 Å². The Kier molecular flexibility index (Phi) is 7.48. The number of aryl methyl sites for hydroxylation is 2. The van der Waals surface area contributed by atoms with Crippen LogP contribution in [0.1, 0.15) is 65.5 Å². The molecule has 0 amide bonds. The van der Waals surface area contributed by atoms with Crippen LogP contribution in [0.15, 0.2) is 6.20 Å². The first kappa shape index (κ1) is 16.9. The van der Waals surface area contributed by atoms with E-state index in [2.05, 4.69) is 24.2 Å². The van der Waals surface area contributed by atoms with Crippen LogP contribution >= 0.6 is 0 Å². The summed E-state index contributed by atoms with van der Waals surface area (Å²) in [5.74, 6) is 1.25. The molecule has 1 heterocycles. The summed E-state index contributed by atoms with van der Waals surface area (Å²) in [5, 5.41) is 8.12. The largest absolute Gasteiger partial charge is 0.299 e. The van der Waals surface area contributed by atoms with Crippen LogP contribution in [0, 0.1) is 11.8 Å². The van der Waals surface area contributed by atoms with Gasteiger partial charge in [0.05, 0.1) is 11.9 Å². The second-order valence-corrected chi connectivity index (χ2v) is 6.31. The Morgan fingerprint density at radius 3 is 2.60 bits per heavy atom. The van der Waals surface area contributed by atoms with Gasteiger partial charge in [0.1, 0.15) is 5.78 Å². The molecule has 0 bridgehead atoms. The number of hydrogen-bond donors (Lipinski definition) is 0. The van der Waals surface area contributed by atoms with Gasteiger partial charge in [0.25, 0.3) is 0 Å². The summed E-state index contributed by atoms with van der Waals surface area (Å²) in [6.07, 6.45) is 8.14. The van der Waals surface area contributed by atoms with Gasteiger partial charge in [-0.1, -0.05) is 45.7 Å². The zero-order valence-corrected chi connectivity index (χ0v) is 13.4. The quantitative estimate of drug-likeness (QED) is 0.614. The third-order valence-corrected chi connectivity index (χ3v) is 3.60. The molecule has 0 aliphatic carbocycles. The van der Waals surface area contributed by atoms with Gasteiger partial charge in [-0.05, 0) is 25.2 Å². The molecule has 0 saturated heterocycles. The fourth-order valence-corrected chi connectivity index (χ4v) is 2.21. The number of rotatable bonds is 10. The molecule has 0 aromatic carbocycles. The van der Waals surface area contributed by atoms with Gasteiger partial charge < -0.3 is 0 Å². The monoisotopic (exact) mass is 279 g/mol. The molecular formula is C16H29N3O. The molecule has 0 saturated carbocycles. The number of carbonyl (C=O) groups is 1. The molecule has 0 aliphatic heterocycles. The molecule has 1 aromatic rings. The Balaban J connectivity index is 2.29. The van der Waals surface area contributed by atoms with Crippen LogP contribution in [0.5, 0.6) is 0 Å². The second-order valence-electron chi connectivity index (χ2n) is 6.31. The number of ketones is 1. The van der Waals surface area contributed by atoms with Crippen LogP contribution in [0.3, 0.4) is 0 Å². The van der Waals surface area contributed by atoms with E-state index >= 15 is 0 Å². The van der Waals surface area contributed by atoms with Crippen molar-refractivity contribution in [3.05, 3.63) is 11.9 Å². The highest BCUT2D eigenvalue weighted by Crippen LogP contribution is 2.11. The number of Topliss-reactive ketones (excluding diaryl/α,β-unsaturated/α-hetero) is 1. The predicted octanol–water partition coefficient (Wildman–Crippen LogP) is 3.65. The van der Waals surface area contributed by atoms with Gasteiger partial charge in [-0.15, -0.1) is 5.10 Å². The van der Waals surface area contributed by atoms with E-state index in [1.165, 1.54) is 25.0 Å². The molecule has 114 valence electrons. The number of unbranched alkanes of at least 4 members (excludes halogenated alkanes) is 1. The Bertz CT molecular complexity index is 396. The Morgan fingerprint density at radius 2 is 1.95 bits per heavy atom. The van der Waals surface area contributed by atoms with Crippen molar-refractivity contribution in [2.24, 2.45) is 11.8 Å². The summed E-state index contributed by atoms with van der Waals surface area (Å²) in [7, 11) is 0. The van der Waals surface area contributed by atoms with Crippen molar-refractivity contribution in [1.82, 2.24) is 15.0 Å². The second kappa shape index (κ2) is 8.88. The van der Waals surface area contributed by atoms with Crippen molar-refractivity contribution < 1.29 is 4.79 Å². The number of carbonyl (C=O) groups excluding carboxylic acids is 1. The predicted molar refractivity (Wildman–Crippen MR) is 81.5 cm³/mol. The van der Waals surface area contributed by atoms with Gasteiger partial charge in [0.2, 0.25) is 0 Å². The zero-order chi connectivity index (χ0) is 15.0. The van der Waals surface area contributed by atoms with Gasteiger partial charge in [0.15, 0.2) is 0 Å². The maximum absolute atomic E-state index is 11.6. The van der Waals surface area contributed by atoms with Gasteiger partial charge in [-0.2, -0.15) is 0 Å². The Morgan fingerprint density at radius 1 is 1.20 bits per heavy atom. The fourth-order valence-electron chi connectivity index (χ4n) is 2.21. The summed E-state index contributed by atoms with van der Waals surface area (Å²) in [6, 6.07) is 0. The SMILES string of the molecule is CC(C)CCCCc1cnnn1CCCC(=O)C(C)C. The van der Waals surface area contributed by atoms with Crippen LogP contribution < -0.4 is 0 Å². The fraction of sp³-hybridized carbons (Fsp3) is 0.812. The first-order chi connectivity index (χ1) is 9.50. The molecule has 0 unspecified atom stereocenters. The van der Waals surface area contributed by atoms with Crippen molar-refractivity contribution >= 4 is 5.78 Å². The minimum atomic E-state index is 0.140. The maximum atomic E-state index is 11.6. The first-order valence-electron chi connectivity index (χ1n) is 7.90. The first-order valence-corrected chi connectivity index (χ1v) is 7.90. The molecule has 20 heavy (non-hydrogen) atoms. The van der Waals surface area contributed by atoms with E-state index in [1.807, 2.05) is 24.7 Å². The van der Waals surface area contributed by atoms with Crippen molar-refractivity contribution in [3.8, 4) is 0 Å². The van der Waals surface area contributed by atoms with Crippen LogP contribution in [0.2, 0.25) is 0 Å². The summed E-state index contributed by atoms with van der Waals surface area (Å²) in [6.45, 7) is 9.24. The molecular weight excluding hydrogens is 250 g/mol. The standard InChI is InChI=1S/C16H29N3O/c1-13(2)8-5-6-9-15-12-17-18-19(15)11-7-10-16(20)14(3)4/h12-14H,5-11H2,1-4H3. The van der Waals surface area contributed by atoms with Crippen molar-refractivity contribution in [1.29, 1.82) is 0 Å². The van der Waals surface area contributed by atoms with Crippen molar-refractivity contribution in [2.45, 2.75) is 72.8 Å². The molecule has 1 aromatic heterocycles. The Labute approximate surface area is 122 Å². The minimum Gasteiger partial charge on any atom is -0.299 e. The number of hydrogen-bond acceptors (Lipinski definition) is 3. The average molecular weight is 279 g/mol. The van der Waals surface area contributed by atoms with Crippen molar-refractivity contribution in [3.63, 3.8) is 0 Å². The smallest absolute Gasteiger partial charge is 0.135 e. The molecule has 0 spiro atoms. The highest BCUT2D eigenvalue weighted by Gasteiger charge is 2.08. The maximum Gasteiger partial charge on any atom is 0.135 e. The Hall–Kier alpha value is -1.19. The lowest BCUT2D eigenvalue weighted by atomic mass is 10.0. The summed E-state index contributed by atoms with van der Waals surface area (Å²) < 4.78 is 1.96. The topological polar surface area (TPSA) is 47.8 Å². The minimum absolute atomic E-state index is 0.140. The van der Waals surface area contributed by atoms with Gasteiger partial charge >= 0.3 is 0 Å². The molecule has 1 rings (SSSR count). The molecule has 4 nitrogen and oxygen atoms in total. The van der Waals surface area contributed by atoms with Crippen LogP contribution in [0.25, 0.3) is 0 Å². The lowest BCUT2D eigenvalue weighted by Gasteiger charge is -2.08. The summed E-state index contributed by atoms with van der Waals surface area (Å²) in [4.78, 5) is 11.6. The van der Waals surface area contributed by atoms with E-state index in [-0.39, 0.29) is 5.92 Å². The molecule has 0 aliphatic rings. The number of nitrogens with zero attached hydrogens (tertiary/aromatic N) is 3. The van der Waals surface area contributed by atoms with E-state index in [9.17, 15) is 4.79 Å². The van der Waals surface area contributed by atoms with E-state index in [1.54, 1.807) is 0 Å². The zero-order valence-electron chi connectivity index (χ0n) is 13.4. The van der Waals surface area contributed by atoms with Crippen LogP contribution in [0.4, 0.5) is 0 Å². The van der Waals surface area contributed by atoms with Gasteiger partial charge in [-0.3, -0.25) is 4.79 Å². The highest BCUT2D eigenvalue weighted by molar-refractivity contribution is 5.80. The molecule has 0 N–H and O–H groups in total. The third-order valence-electron chi connectivity index (χ3n) is 3.60. The molecule has 4 heteroatoms. The van der Waals surface area contributed by atoms with E-state index in [0.29, 0.717) is 12.2 Å². The highest BCUT2D eigenvalue weighted by atomic mass is 16.1. The van der Waals surface area contributed by atoms with Crippen molar-refractivity contribution in [2.75, 3.05) is 0 Å². The average Bonchev–Trinajstić information content (AvgIpc) is 2.81. The molecule has 0 fully saturated rings. The van der Waals surface area contributed by atoms with E-state index in [0.717, 1.165) is 25.3 Å². The van der Waals surface area contributed by atoms with Crippen LogP contribution in [-0.4, -0.2) is 20.8 Å². The third kappa shape index (κ3) is 6.31. The normalized spacial score (nSPS) is 11.5. The lowest BCUT2D eigenvalue weighted by Crippen LogP contribution is -2.10. The van der Waals surface area contributed by atoms with Gasteiger partial charge in [0, 0.05) is 18.9 Å². The lowest BCUT2D eigenvalue weighted by molar-refractivity contribution is -0.122. The number of aromatic nitrogens is 3. The summed E-state index contributed by atoms with van der Waals surface area (Å²) in [5.41, 5.74) is 1.20. The molecule has 0 atom stereocenters. The molecule has 0 radical (unpaired) electrons. The van der Waals surface area contributed by atoms with E-state index in [4.69, 9.17) is 0 Å². The van der Waals surface area contributed by atoms with E-state index < -0.39 is 0 Å². The van der Waals surface area contributed by atoms with Crippen LogP contribution in [-0.2, 0) is 17.8 Å².